The van der Waals surface area contributed by atoms with Crippen LogP contribution in [0.2, 0.25) is 0 Å². The van der Waals surface area contributed by atoms with Gasteiger partial charge < -0.3 is 9.84 Å². The van der Waals surface area contributed by atoms with Crippen LogP contribution in [0.1, 0.15) is 29.2 Å². The van der Waals surface area contributed by atoms with Gasteiger partial charge in [-0.05, 0) is 24.5 Å². The van der Waals surface area contributed by atoms with Crippen molar-refractivity contribution in [2.45, 2.75) is 26.0 Å². The van der Waals surface area contributed by atoms with Crippen molar-refractivity contribution >= 4 is 0 Å². The van der Waals surface area contributed by atoms with Crippen LogP contribution in [-0.2, 0) is 11.3 Å². The van der Waals surface area contributed by atoms with Gasteiger partial charge in [0.25, 0.3) is 0 Å². The second kappa shape index (κ2) is 9.46. The van der Waals surface area contributed by atoms with Gasteiger partial charge in [-0.15, -0.1) is 0 Å². The van der Waals surface area contributed by atoms with Gasteiger partial charge >= 0.3 is 0 Å². The van der Waals surface area contributed by atoms with Gasteiger partial charge in [0.15, 0.2) is 0 Å². The smallest absolute Gasteiger partial charge is 0.0917 e. The zero-order valence-electron chi connectivity index (χ0n) is 14.1. The number of methoxy groups -OCH3 is 1. The average Bonchev–Trinajstić information content (AvgIpc) is 2.56. The van der Waals surface area contributed by atoms with Crippen molar-refractivity contribution in [3.05, 3.63) is 71.3 Å². The average molecular weight is 313 g/mol. The normalized spacial score (nSPS) is 12.5. The van der Waals surface area contributed by atoms with Crippen molar-refractivity contribution in [3.63, 3.8) is 0 Å². The molecule has 0 aromatic heterocycles. The molecule has 1 unspecified atom stereocenters. The Kier molecular flexibility index (Phi) is 7.27. The van der Waals surface area contributed by atoms with Crippen LogP contribution in [-0.4, -0.2) is 36.8 Å². The lowest BCUT2D eigenvalue weighted by Gasteiger charge is -2.25. The van der Waals surface area contributed by atoms with E-state index in [-0.39, 0.29) is 0 Å². The molecule has 0 saturated heterocycles. The Morgan fingerprint density at radius 1 is 1.09 bits per heavy atom. The fourth-order valence-electron chi connectivity index (χ4n) is 2.76. The second-order valence-electron chi connectivity index (χ2n) is 6.00. The molecule has 2 aromatic rings. The Hall–Kier alpha value is -1.68. The van der Waals surface area contributed by atoms with Gasteiger partial charge in [-0.25, -0.2) is 0 Å². The highest BCUT2D eigenvalue weighted by molar-refractivity contribution is 5.22. The van der Waals surface area contributed by atoms with E-state index in [1.54, 1.807) is 7.11 Å². The lowest BCUT2D eigenvalue weighted by molar-refractivity contribution is 0.0995. The first-order valence-corrected chi connectivity index (χ1v) is 8.19. The van der Waals surface area contributed by atoms with Crippen LogP contribution in [0.3, 0.4) is 0 Å². The van der Waals surface area contributed by atoms with Crippen LogP contribution in [0.15, 0.2) is 54.6 Å². The molecule has 0 saturated carbocycles. The van der Waals surface area contributed by atoms with E-state index in [9.17, 15) is 5.11 Å². The summed E-state index contributed by atoms with van der Waals surface area (Å²) in [7, 11) is 1.73. The largest absolute Gasteiger partial charge is 0.387 e. The fourth-order valence-corrected chi connectivity index (χ4v) is 2.76. The summed E-state index contributed by atoms with van der Waals surface area (Å²) in [6.45, 7) is 5.23. The third-order valence-corrected chi connectivity index (χ3v) is 3.93. The molecule has 0 radical (unpaired) electrons. The maximum absolute atomic E-state index is 10.5. The topological polar surface area (TPSA) is 32.7 Å². The van der Waals surface area contributed by atoms with Crippen LogP contribution >= 0.6 is 0 Å². The first-order chi connectivity index (χ1) is 11.2. The number of hydrogen-bond donors (Lipinski definition) is 1. The van der Waals surface area contributed by atoms with Crippen LogP contribution in [0.5, 0.6) is 0 Å². The van der Waals surface area contributed by atoms with E-state index in [1.165, 1.54) is 11.1 Å². The molecule has 0 bridgehead atoms. The first kappa shape index (κ1) is 17.7. The van der Waals surface area contributed by atoms with Gasteiger partial charge in [0.05, 0.1) is 6.10 Å². The highest BCUT2D eigenvalue weighted by Crippen LogP contribution is 2.16. The number of benzene rings is 2. The first-order valence-electron chi connectivity index (χ1n) is 8.19. The molecule has 0 aliphatic rings. The molecule has 124 valence electrons. The Morgan fingerprint density at radius 2 is 1.87 bits per heavy atom. The van der Waals surface area contributed by atoms with E-state index in [4.69, 9.17) is 4.74 Å². The molecular weight excluding hydrogens is 286 g/mol. The summed E-state index contributed by atoms with van der Waals surface area (Å²) in [4.78, 5) is 2.30. The maximum Gasteiger partial charge on any atom is 0.0917 e. The number of rotatable bonds is 9. The Labute approximate surface area is 139 Å². The quantitative estimate of drug-likeness (QED) is 0.718. The van der Waals surface area contributed by atoms with Crippen LogP contribution < -0.4 is 0 Å². The summed E-state index contributed by atoms with van der Waals surface area (Å²) in [6, 6.07) is 18.4. The van der Waals surface area contributed by atoms with Gasteiger partial charge in [0.2, 0.25) is 0 Å². The number of ether oxygens (including phenoxy) is 1. The molecule has 3 nitrogen and oxygen atoms in total. The van der Waals surface area contributed by atoms with E-state index < -0.39 is 6.10 Å². The zero-order chi connectivity index (χ0) is 16.5. The Morgan fingerprint density at radius 3 is 2.57 bits per heavy atom. The van der Waals surface area contributed by atoms with Crippen molar-refractivity contribution in [2.24, 2.45) is 0 Å². The molecule has 0 amide bonds. The zero-order valence-corrected chi connectivity index (χ0v) is 14.1. The summed E-state index contributed by atoms with van der Waals surface area (Å²) >= 11 is 0. The summed E-state index contributed by atoms with van der Waals surface area (Å²) in [5.74, 6) is 0. The van der Waals surface area contributed by atoms with Gasteiger partial charge in [0.1, 0.15) is 0 Å². The van der Waals surface area contributed by atoms with Gasteiger partial charge in [-0.1, -0.05) is 60.2 Å². The summed E-state index contributed by atoms with van der Waals surface area (Å²) in [5, 5.41) is 10.5. The molecular formula is C20H27NO2. The molecule has 3 heteroatoms. The highest BCUT2D eigenvalue weighted by Gasteiger charge is 2.14. The minimum Gasteiger partial charge on any atom is -0.387 e. The molecule has 0 heterocycles. The van der Waals surface area contributed by atoms with Crippen molar-refractivity contribution in [1.29, 1.82) is 0 Å². The van der Waals surface area contributed by atoms with E-state index in [0.29, 0.717) is 6.54 Å². The van der Waals surface area contributed by atoms with Crippen LogP contribution in [0.4, 0.5) is 0 Å². The monoisotopic (exact) mass is 313 g/mol. The van der Waals surface area contributed by atoms with Gasteiger partial charge in [-0.2, -0.15) is 0 Å². The molecule has 0 spiro atoms. The highest BCUT2D eigenvalue weighted by atomic mass is 16.5. The predicted octanol–water partition coefficient (Wildman–Crippen LogP) is 3.57. The van der Waals surface area contributed by atoms with Gasteiger partial charge in [-0.3, -0.25) is 4.90 Å². The molecule has 23 heavy (non-hydrogen) atoms. The predicted molar refractivity (Wildman–Crippen MR) is 94.4 cm³/mol. The van der Waals surface area contributed by atoms with Crippen molar-refractivity contribution in [2.75, 3.05) is 26.8 Å². The second-order valence-corrected chi connectivity index (χ2v) is 6.00. The van der Waals surface area contributed by atoms with E-state index in [1.807, 2.05) is 30.3 Å². The third kappa shape index (κ3) is 6.14. The Balaban J connectivity index is 2.01. The molecule has 1 N–H and O–H groups in total. The summed E-state index contributed by atoms with van der Waals surface area (Å²) in [6.07, 6.45) is 0.493. The maximum atomic E-state index is 10.5. The number of hydrogen-bond acceptors (Lipinski definition) is 3. The standard InChI is InChI=1S/C20H27NO2/c1-17-8-6-9-18(14-17)15-21(12-7-13-23-2)16-20(22)19-10-4-3-5-11-19/h3-6,8-11,14,20,22H,7,12-13,15-16H2,1-2H3. The molecule has 2 aromatic carbocycles. The van der Waals surface area contributed by atoms with E-state index >= 15 is 0 Å². The summed E-state index contributed by atoms with van der Waals surface area (Å²) < 4.78 is 5.16. The van der Waals surface area contributed by atoms with Crippen molar-refractivity contribution < 1.29 is 9.84 Å². The van der Waals surface area contributed by atoms with Crippen molar-refractivity contribution in [1.82, 2.24) is 4.90 Å². The minimum absolute atomic E-state index is 0.469. The van der Waals surface area contributed by atoms with Crippen LogP contribution in [0.25, 0.3) is 0 Å². The number of nitrogens with zero attached hydrogens (tertiary/aromatic N) is 1. The molecule has 2 rings (SSSR count). The van der Waals surface area contributed by atoms with Crippen LogP contribution in [0, 0.1) is 6.92 Å². The summed E-state index contributed by atoms with van der Waals surface area (Å²) in [5.41, 5.74) is 3.51. The Bertz CT molecular complexity index is 571. The molecule has 1 atom stereocenters. The van der Waals surface area contributed by atoms with Crippen molar-refractivity contribution in [3.8, 4) is 0 Å². The molecule has 0 aliphatic carbocycles. The lowest BCUT2D eigenvalue weighted by Crippen LogP contribution is -2.30. The van der Waals surface area contributed by atoms with E-state index in [0.717, 1.165) is 31.7 Å². The number of aryl methyl sites for hydroxylation is 1. The molecule has 0 aliphatic heterocycles. The fraction of sp³-hybridized carbons (Fsp3) is 0.400. The minimum atomic E-state index is -0.469. The van der Waals surface area contributed by atoms with Gasteiger partial charge in [0, 0.05) is 33.4 Å². The number of aliphatic hydroxyl groups is 1. The molecule has 0 fully saturated rings. The third-order valence-electron chi connectivity index (χ3n) is 3.93. The lowest BCUT2D eigenvalue weighted by atomic mass is 10.1. The van der Waals surface area contributed by atoms with E-state index in [2.05, 4.69) is 36.1 Å². The SMILES string of the molecule is COCCCN(Cc1cccc(C)c1)CC(O)c1ccccc1. The number of aliphatic hydroxyl groups excluding tert-OH is 1.